The molecular weight excluding hydrogens is 214 g/mol. The van der Waals surface area contributed by atoms with Crippen LogP contribution in [-0.4, -0.2) is 16.1 Å². The monoisotopic (exact) mass is 223 g/mol. The van der Waals surface area contributed by atoms with E-state index in [-0.39, 0.29) is 6.42 Å². The fourth-order valence-electron chi connectivity index (χ4n) is 1.68. The number of aromatic nitrogens is 1. The largest absolute Gasteiger partial charge is 0.481 e. The van der Waals surface area contributed by atoms with Gasteiger partial charge in [-0.2, -0.15) is 0 Å². The van der Waals surface area contributed by atoms with Gasteiger partial charge in [-0.1, -0.05) is 11.6 Å². The quantitative estimate of drug-likeness (QED) is 0.823. The molecule has 0 fully saturated rings. The van der Waals surface area contributed by atoms with Gasteiger partial charge < -0.3 is 10.1 Å². The van der Waals surface area contributed by atoms with Gasteiger partial charge >= 0.3 is 5.97 Å². The van der Waals surface area contributed by atoms with Crippen LogP contribution in [0.4, 0.5) is 0 Å². The average molecular weight is 224 g/mol. The van der Waals surface area contributed by atoms with E-state index in [0.717, 1.165) is 22.2 Å². The van der Waals surface area contributed by atoms with Gasteiger partial charge in [-0.3, -0.25) is 4.79 Å². The number of hydrogen-bond donors (Lipinski definition) is 2. The molecule has 0 radical (unpaired) electrons. The third-order valence-electron chi connectivity index (χ3n) is 2.45. The van der Waals surface area contributed by atoms with Crippen LogP contribution in [0.2, 0.25) is 5.02 Å². The average Bonchev–Trinajstić information content (AvgIpc) is 2.44. The maximum absolute atomic E-state index is 10.6. The Kier molecular flexibility index (Phi) is 2.40. The first-order chi connectivity index (χ1) is 7.08. The van der Waals surface area contributed by atoms with Crippen LogP contribution in [0.3, 0.4) is 0 Å². The van der Waals surface area contributed by atoms with Crippen LogP contribution >= 0.6 is 11.6 Å². The van der Waals surface area contributed by atoms with Gasteiger partial charge in [0.1, 0.15) is 0 Å². The van der Waals surface area contributed by atoms with Crippen molar-refractivity contribution in [2.45, 2.75) is 13.3 Å². The van der Waals surface area contributed by atoms with Crippen molar-refractivity contribution in [3.63, 3.8) is 0 Å². The predicted octanol–water partition coefficient (Wildman–Crippen LogP) is 2.76. The van der Waals surface area contributed by atoms with E-state index in [1.165, 1.54) is 0 Å². The summed E-state index contributed by atoms with van der Waals surface area (Å²) >= 11 is 5.88. The SMILES string of the molecule is Cc1c(CC(=O)O)[nH]c2ccc(Cl)cc12. The molecule has 0 saturated heterocycles. The van der Waals surface area contributed by atoms with Crippen LogP contribution < -0.4 is 0 Å². The molecule has 0 bridgehead atoms. The van der Waals surface area contributed by atoms with E-state index in [0.29, 0.717) is 5.02 Å². The second-order valence-corrected chi connectivity index (χ2v) is 3.93. The number of aromatic amines is 1. The molecule has 15 heavy (non-hydrogen) atoms. The van der Waals surface area contributed by atoms with Crippen molar-refractivity contribution >= 4 is 28.5 Å². The first-order valence-corrected chi connectivity index (χ1v) is 4.94. The Hall–Kier alpha value is -1.48. The number of rotatable bonds is 2. The highest BCUT2D eigenvalue weighted by molar-refractivity contribution is 6.31. The van der Waals surface area contributed by atoms with Gasteiger partial charge in [0.05, 0.1) is 6.42 Å². The van der Waals surface area contributed by atoms with Gasteiger partial charge in [-0.25, -0.2) is 0 Å². The van der Waals surface area contributed by atoms with E-state index in [1.807, 2.05) is 19.1 Å². The van der Waals surface area contributed by atoms with Crippen molar-refractivity contribution in [1.29, 1.82) is 0 Å². The lowest BCUT2D eigenvalue weighted by atomic mass is 10.1. The number of H-pyrrole nitrogens is 1. The number of fused-ring (bicyclic) bond motifs is 1. The molecule has 0 atom stereocenters. The summed E-state index contributed by atoms with van der Waals surface area (Å²) in [6.45, 7) is 1.90. The summed E-state index contributed by atoms with van der Waals surface area (Å²) in [5.41, 5.74) is 2.61. The zero-order valence-corrected chi connectivity index (χ0v) is 8.93. The molecule has 0 aliphatic rings. The molecule has 1 aromatic carbocycles. The second-order valence-electron chi connectivity index (χ2n) is 3.49. The van der Waals surface area contributed by atoms with Crippen LogP contribution in [0.1, 0.15) is 11.3 Å². The molecule has 0 unspecified atom stereocenters. The molecule has 0 aliphatic carbocycles. The molecule has 2 N–H and O–H groups in total. The summed E-state index contributed by atoms with van der Waals surface area (Å²) in [7, 11) is 0. The highest BCUT2D eigenvalue weighted by atomic mass is 35.5. The van der Waals surface area contributed by atoms with Crippen LogP contribution in [-0.2, 0) is 11.2 Å². The highest BCUT2D eigenvalue weighted by Gasteiger charge is 2.10. The van der Waals surface area contributed by atoms with Crippen molar-refractivity contribution in [2.24, 2.45) is 0 Å². The first kappa shape index (κ1) is 10.1. The number of carboxylic acid groups (broad SMARTS) is 1. The minimum absolute atomic E-state index is 0.0120. The molecule has 0 aliphatic heterocycles. The highest BCUT2D eigenvalue weighted by Crippen LogP contribution is 2.25. The Bertz CT molecular complexity index is 531. The molecule has 1 heterocycles. The maximum Gasteiger partial charge on any atom is 0.309 e. The number of hydrogen-bond acceptors (Lipinski definition) is 1. The van der Waals surface area contributed by atoms with Gasteiger partial charge in [0.25, 0.3) is 0 Å². The van der Waals surface area contributed by atoms with Gasteiger partial charge in [0, 0.05) is 21.6 Å². The topological polar surface area (TPSA) is 53.1 Å². The van der Waals surface area contributed by atoms with E-state index in [9.17, 15) is 4.79 Å². The number of halogens is 1. The van der Waals surface area contributed by atoms with E-state index < -0.39 is 5.97 Å². The maximum atomic E-state index is 10.6. The van der Waals surface area contributed by atoms with Crippen LogP contribution in [0.5, 0.6) is 0 Å². The number of carbonyl (C=O) groups is 1. The fourth-order valence-corrected chi connectivity index (χ4v) is 1.85. The molecule has 4 heteroatoms. The van der Waals surface area contributed by atoms with Crippen molar-refractivity contribution in [3.05, 3.63) is 34.5 Å². The third kappa shape index (κ3) is 1.83. The molecular formula is C11H10ClNO2. The van der Waals surface area contributed by atoms with E-state index in [2.05, 4.69) is 4.98 Å². The van der Waals surface area contributed by atoms with Crippen molar-refractivity contribution in [2.75, 3.05) is 0 Å². The molecule has 0 spiro atoms. The molecule has 78 valence electrons. The third-order valence-corrected chi connectivity index (χ3v) is 2.69. The van der Waals surface area contributed by atoms with Crippen molar-refractivity contribution < 1.29 is 9.90 Å². The van der Waals surface area contributed by atoms with E-state index in [4.69, 9.17) is 16.7 Å². The number of benzene rings is 1. The Labute approximate surface area is 91.7 Å². The number of aliphatic carboxylic acids is 1. The normalized spacial score (nSPS) is 10.8. The van der Waals surface area contributed by atoms with Crippen LogP contribution in [0.15, 0.2) is 18.2 Å². The summed E-state index contributed by atoms with van der Waals surface area (Å²) in [5.74, 6) is -0.837. The molecule has 2 rings (SSSR count). The Balaban J connectivity index is 2.59. The lowest BCUT2D eigenvalue weighted by molar-refractivity contribution is -0.136. The van der Waals surface area contributed by atoms with Crippen LogP contribution in [0, 0.1) is 6.92 Å². The molecule has 3 nitrogen and oxygen atoms in total. The lowest BCUT2D eigenvalue weighted by Gasteiger charge is -1.94. The van der Waals surface area contributed by atoms with Gasteiger partial charge in [0.15, 0.2) is 0 Å². The summed E-state index contributed by atoms with van der Waals surface area (Å²) in [6, 6.07) is 5.48. The lowest BCUT2D eigenvalue weighted by Crippen LogP contribution is -2.01. The molecule has 0 saturated carbocycles. The van der Waals surface area contributed by atoms with E-state index >= 15 is 0 Å². The van der Waals surface area contributed by atoms with Gasteiger partial charge in [0.2, 0.25) is 0 Å². The predicted molar refractivity (Wildman–Crippen MR) is 59.4 cm³/mol. The first-order valence-electron chi connectivity index (χ1n) is 4.56. The van der Waals surface area contributed by atoms with E-state index in [1.54, 1.807) is 6.07 Å². The molecule has 1 aromatic heterocycles. The Morgan fingerprint density at radius 3 is 2.93 bits per heavy atom. The second kappa shape index (κ2) is 3.59. The number of carboxylic acids is 1. The van der Waals surface area contributed by atoms with Crippen molar-refractivity contribution in [1.82, 2.24) is 4.98 Å². The Morgan fingerprint density at radius 1 is 1.53 bits per heavy atom. The molecule has 0 amide bonds. The smallest absolute Gasteiger partial charge is 0.309 e. The zero-order valence-electron chi connectivity index (χ0n) is 8.17. The van der Waals surface area contributed by atoms with Gasteiger partial charge in [-0.15, -0.1) is 0 Å². The standard InChI is InChI=1S/C11H10ClNO2/c1-6-8-4-7(12)2-3-9(8)13-10(6)5-11(14)15/h2-4,13H,5H2,1H3,(H,14,15). The van der Waals surface area contributed by atoms with Crippen LogP contribution in [0.25, 0.3) is 10.9 Å². The van der Waals surface area contributed by atoms with Crippen molar-refractivity contribution in [3.8, 4) is 0 Å². The molecule has 2 aromatic rings. The zero-order chi connectivity index (χ0) is 11.0. The summed E-state index contributed by atoms with van der Waals surface area (Å²) in [4.78, 5) is 13.7. The summed E-state index contributed by atoms with van der Waals surface area (Å²) < 4.78 is 0. The summed E-state index contributed by atoms with van der Waals surface area (Å²) in [6.07, 6.45) is 0.0120. The summed E-state index contributed by atoms with van der Waals surface area (Å²) in [5, 5.41) is 10.4. The fraction of sp³-hybridized carbons (Fsp3) is 0.182. The minimum Gasteiger partial charge on any atom is -0.481 e. The number of aryl methyl sites for hydroxylation is 1. The number of nitrogens with one attached hydrogen (secondary N) is 1. The minimum atomic E-state index is -0.837. The Morgan fingerprint density at radius 2 is 2.27 bits per heavy atom. The van der Waals surface area contributed by atoms with Gasteiger partial charge in [-0.05, 0) is 30.7 Å².